The average molecular weight is 256 g/mol. The minimum Gasteiger partial charge on any atom is -0.465 e. The first-order chi connectivity index (χ1) is 8.66. The third-order valence-electron chi connectivity index (χ3n) is 3.79. The lowest BCUT2D eigenvalue weighted by atomic mass is 9.57. The van der Waals surface area contributed by atoms with Crippen molar-refractivity contribution in [1.82, 2.24) is 0 Å². The molecule has 0 aromatic carbocycles. The van der Waals surface area contributed by atoms with Crippen LogP contribution in [0.4, 0.5) is 0 Å². The number of carbonyl (C=O) groups is 2. The van der Waals surface area contributed by atoms with Crippen molar-refractivity contribution in [2.24, 2.45) is 11.3 Å². The lowest BCUT2D eigenvalue weighted by Crippen LogP contribution is -2.64. The third-order valence-corrected chi connectivity index (χ3v) is 3.79. The summed E-state index contributed by atoms with van der Waals surface area (Å²) in [4.78, 5) is 24.2. The summed E-state index contributed by atoms with van der Waals surface area (Å²) in [5, 5.41) is 0. The Morgan fingerprint density at radius 3 is 2.33 bits per heavy atom. The van der Waals surface area contributed by atoms with Gasteiger partial charge in [-0.2, -0.15) is 0 Å². The van der Waals surface area contributed by atoms with Gasteiger partial charge in [-0.05, 0) is 39.0 Å². The molecule has 0 amide bonds. The van der Waals surface area contributed by atoms with Gasteiger partial charge in [-0.15, -0.1) is 0 Å². The number of hydrogen-bond donors (Lipinski definition) is 0. The largest absolute Gasteiger partial charge is 0.465 e. The predicted octanol–water partition coefficient (Wildman–Crippen LogP) is 1.30. The van der Waals surface area contributed by atoms with Gasteiger partial charge in [0, 0.05) is 6.61 Å². The Morgan fingerprint density at radius 1 is 1.22 bits per heavy atom. The van der Waals surface area contributed by atoms with E-state index in [1.54, 1.807) is 13.8 Å². The first-order valence-electron chi connectivity index (χ1n) is 6.62. The summed E-state index contributed by atoms with van der Waals surface area (Å²) in [5.74, 6) is -0.703. The van der Waals surface area contributed by atoms with Crippen molar-refractivity contribution < 1.29 is 23.8 Å². The smallest absolute Gasteiger partial charge is 0.326 e. The molecule has 0 unspecified atom stereocenters. The van der Waals surface area contributed by atoms with Crippen LogP contribution in [0.3, 0.4) is 0 Å². The van der Waals surface area contributed by atoms with Gasteiger partial charge in [0.1, 0.15) is 0 Å². The summed E-state index contributed by atoms with van der Waals surface area (Å²) < 4.78 is 15.7. The van der Waals surface area contributed by atoms with Crippen LogP contribution in [0, 0.1) is 11.3 Å². The zero-order valence-electron chi connectivity index (χ0n) is 10.9. The van der Waals surface area contributed by atoms with E-state index in [9.17, 15) is 9.59 Å². The Bertz CT molecular complexity index is 320. The van der Waals surface area contributed by atoms with Crippen LogP contribution in [0.1, 0.15) is 33.1 Å². The Kier molecular flexibility index (Phi) is 3.90. The number of hydrogen-bond acceptors (Lipinski definition) is 5. The molecule has 1 saturated carbocycles. The molecule has 2 atom stereocenters. The summed E-state index contributed by atoms with van der Waals surface area (Å²) in [5.41, 5.74) is -1.21. The van der Waals surface area contributed by atoms with E-state index in [4.69, 9.17) is 14.2 Å². The molecule has 5 heteroatoms. The lowest BCUT2D eigenvalue weighted by molar-refractivity contribution is -0.222. The molecule has 2 aliphatic rings. The van der Waals surface area contributed by atoms with Gasteiger partial charge in [-0.3, -0.25) is 9.59 Å². The first-order valence-corrected chi connectivity index (χ1v) is 6.62. The van der Waals surface area contributed by atoms with Crippen LogP contribution in [0.5, 0.6) is 0 Å². The molecule has 18 heavy (non-hydrogen) atoms. The summed E-state index contributed by atoms with van der Waals surface area (Å²) in [6.07, 6.45) is 2.13. The van der Waals surface area contributed by atoms with Crippen LogP contribution in [0.25, 0.3) is 0 Å². The van der Waals surface area contributed by atoms with Crippen molar-refractivity contribution in [2.75, 3.05) is 19.8 Å². The Balaban J connectivity index is 2.18. The van der Waals surface area contributed by atoms with Crippen molar-refractivity contribution in [1.29, 1.82) is 0 Å². The van der Waals surface area contributed by atoms with Gasteiger partial charge in [0.2, 0.25) is 0 Å². The van der Waals surface area contributed by atoms with Crippen molar-refractivity contribution in [2.45, 2.75) is 39.2 Å². The van der Waals surface area contributed by atoms with Crippen LogP contribution in [-0.4, -0.2) is 37.9 Å². The Hall–Kier alpha value is -1.10. The highest BCUT2D eigenvalue weighted by atomic mass is 16.6. The Morgan fingerprint density at radius 2 is 1.83 bits per heavy atom. The van der Waals surface area contributed by atoms with Crippen LogP contribution in [-0.2, 0) is 23.8 Å². The third kappa shape index (κ3) is 1.90. The molecule has 0 aromatic rings. The second-order valence-corrected chi connectivity index (χ2v) is 4.81. The number of carbonyl (C=O) groups excluding carboxylic acids is 2. The summed E-state index contributed by atoms with van der Waals surface area (Å²) in [7, 11) is 0. The average Bonchev–Trinajstić information content (AvgIpc) is 2.32. The molecule has 1 aliphatic carbocycles. The molecule has 2 fully saturated rings. The molecular weight excluding hydrogens is 236 g/mol. The zero-order chi connectivity index (χ0) is 13.2. The van der Waals surface area contributed by atoms with Gasteiger partial charge in [-0.25, -0.2) is 0 Å². The highest BCUT2D eigenvalue weighted by Crippen LogP contribution is 2.53. The minimum atomic E-state index is -1.21. The SMILES string of the molecule is CCOC(=O)C1(C(=O)OCC)C[C@@H]2CCCO[C@@H]21. The monoisotopic (exact) mass is 256 g/mol. The quantitative estimate of drug-likeness (QED) is 0.560. The van der Waals surface area contributed by atoms with Crippen molar-refractivity contribution in [3.05, 3.63) is 0 Å². The van der Waals surface area contributed by atoms with Gasteiger partial charge in [0.15, 0.2) is 5.41 Å². The maximum atomic E-state index is 12.1. The molecule has 1 saturated heterocycles. The first kappa shape index (κ1) is 13.3. The molecule has 102 valence electrons. The van der Waals surface area contributed by atoms with E-state index in [0.29, 0.717) is 13.0 Å². The number of rotatable bonds is 4. The highest BCUT2D eigenvalue weighted by Gasteiger charge is 2.67. The van der Waals surface area contributed by atoms with E-state index in [0.717, 1.165) is 12.8 Å². The number of fused-ring (bicyclic) bond motifs is 1. The zero-order valence-corrected chi connectivity index (χ0v) is 10.9. The van der Waals surface area contributed by atoms with Crippen LogP contribution >= 0.6 is 0 Å². The summed E-state index contributed by atoms with van der Waals surface area (Å²) in [6.45, 7) is 4.58. The second-order valence-electron chi connectivity index (χ2n) is 4.81. The second kappa shape index (κ2) is 5.26. The predicted molar refractivity (Wildman–Crippen MR) is 62.8 cm³/mol. The molecule has 0 radical (unpaired) electrons. The fourth-order valence-corrected chi connectivity index (χ4v) is 2.97. The van der Waals surface area contributed by atoms with Gasteiger partial charge >= 0.3 is 11.9 Å². The molecule has 0 spiro atoms. The van der Waals surface area contributed by atoms with Gasteiger partial charge in [0.05, 0.1) is 19.3 Å². The highest BCUT2D eigenvalue weighted by molar-refractivity contribution is 6.02. The molecule has 0 aromatic heterocycles. The number of ether oxygens (including phenoxy) is 3. The molecule has 0 N–H and O–H groups in total. The normalized spacial score (nSPS) is 28.8. The fraction of sp³-hybridized carbons (Fsp3) is 0.846. The van der Waals surface area contributed by atoms with Gasteiger partial charge in [-0.1, -0.05) is 0 Å². The molecular formula is C13H20O5. The molecule has 2 rings (SSSR count). The van der Waals surface area contributed by atoms with Crippen molar-refractivity contribution >= 4 is 11.9 Å². The van der Waals surface area contributed by atoms with E-state index in [1.807, 2.05) is 0 Å². The van der Waals surface area contributed by atoms with E-state index >= 15 is 0 Å². The fourth-order valence-electron chi connectivity index (χ4n) is 2.97. The lowest BCUT2D eigenvalue weighted by Gasteiger charge is -2.52. The van der Waals surface area contributed by atoms with Crippen LogP contribution < -0.4 is 0 Å². The maximum absolute atomic E-state index is 12.1. The van der Waals surface area contributed by atoms with Crippen LogP contribution in [0.15, 0.2) is 0 Å². The van der Waals surface area contributed by atoms with E-state index in [-0.39, 0.29) is 25.2 Å². The molecule has 0 bridgehead atoms. The van der Waals surface area contributed by atoms with E-state index in [2.05, 4.69) is 0 Å². The standard InChI is InChI=1S/C13H20O5/c1-3-16-11(14)13(12(15)17-4-2)8-9-6-5-7-18-10(9)13/h9-10H,3-8H2,1-2H3/t9-,10-/m0/s1. The molecule has 1 aliphatic heterocycles. The van der Waals surface area contributed by atoms with Crippen molar-refractivity contribution in [3.8, 4) is 0 Å². The van der Waals surface area contributed by atoms with Gasteiger partial charge < -0.3 is 14.2 Å². The summed E-state index contributed by atoms with van der Waals surface area (Å²) >= 11 is 0. The summed E-state index contributed by atoms with van der Waals surface area (Å²) in [6, 6.07) is 0. The van der Waals surface area contributed by atoms with E-state index in [1.165, 1.54) is 0 Å². The molecule has 5 nitrogen and oxygen atoms in total. The Labute approximate surface area is 107 Å². The van der Waals surface area contributed by atoms with Crippen LogP contribution in [0.2, 0.25) is 0 Å². The van der Waals surface area contributed by atoms with Crippen molar-refractivity contribution in [3.63, 3.8) is 0 Å². The van der Waals surface area contributed by atoms with E-state index < -0.39 is 17.4 Å². The number of esters is 2. The minimum absolute atomic E-state index is 0.261. The molecule has 1 heterocycles. The maximum Gasteiger partial charge on any atom is 0.326 e. The topological polar surface area (TPSA) is 61.8 Å². The van der Waals surface area contributed by atoms with Gasteiger partial charge in [0.25, 0.3) is 0 Å².